The minimum Gasteiger partial charge on any atom is -0.466 e. The topological polar surface area (TPSA) is 57.0 Å². The standard InChI is InChI=1S/C20H21ClFN3O2/c1-4-27-19(26)10-16(13-5-7-17(22)14(9-13)11-21)15-6-8-18-20(12(15)2)23-24-25(18)3/h5-9,16H,4,10-11H2,1-3H3. The lowest BCUT2D eigenvalue weighted by Crippen LogP contribution is -2.13. The first kappa shape index (κ1) is 19.3. The Kier molecular flexibility index (Phi) is 5.75. The van der Waals surface area contributed by atoms with E-state index in [0.29, 0.717) is 12.2 Å². The summed E-state index contributed by atoms with van der Waals surface area (Å²) < 4.78 is 20.8. The Hall–Kier alpha value is -2.47. The van der Waals surface area contributed by atoms with Gasteiger partial charge in [0.15, 0.2) is 0 Å². The molecule has 7 heteroatoms. The number of esters is 1. The van der Waals surface area contributed by atoms with Crippen LogP contribution in [0.2, 0.25) is 0 Å². The molecule has 27 heavy (non-hydrogen) atoms. The Morgan fingerprint density at radius 3 is 2.81 bits per heavy atom. The zero-order valence-corrected chi connectivity index (χ0v) is 16.3. The number of alkyl halides is 1. The van der Waals surface area contributed by atoms with Crippen molar-refractivity contribution in [2.45, 2.75) is 32.1 Å². The van der Waals surface area contributed by atoms with Gasteiger partial charge in [0.25, 0.3) is 0 Å². The number of rotatable bonds is 6. The van der Waals surface area contributed by atoms with E-state index in [1.54, 1.807) is 23.7 Å². The van der Waals surface area contributed by atoms with Crippen molar-refractivity contribution in [3.05, 3.63) is 58.4 Å². The SMILES string of the molecule is CCOC(=O)CC(c1ccc(F)c(CCl)c1)c1ccc2c(nnn2C)c1C. The average Bonchev–Trinajstić information content (AvgIpc) is 3.03. The van der Waals surface area contributed by atoms with Gasteiger partial charge >= 0.3 is 5.97 Å². The molecule has 0 bridgehead atoms. The summed E-state index contributed by atoms with van der Waals surface area (Å²) in [6, 6.07) is 8.69. The van der Waals surface area contributed by atoms with Crippen molar-refractivity contribution in [2.24, 2.45) is 7.05 Å². The molecule has 0 saturated carbocycles. The molecular formula is C20H21ClFN3O2. The van der Waals surface area contributed by atoms with E-state index in [4.69, 9.17) is 16.3 Å². The molecule has 0 aliphatic rings. The van der Waals surface area contributed by atoms with Crippen LogP contribution in [0.25, 0.3) is 11.0 Å². The second-order valence-electron chi connectivity index (χ2n) is 6.41. The van der Waals surface area contributed by atoms with Crippen LogP contribution in [-0.4, -0.2) is 27.6 Å². The molecule has 0 aliphatic carbocycles. The van der Waals surface area contributed by atoms with Crippen LogP contribution in [0.15, 0.2) is 30.3 Å². The molecule has 3 rings (SSSR count). The summed E-state index contributed by atoms with van der Waals surface area (Å²) >= 11 is 5.87. The minimum absolute atomic E-state index is 0.0635. The molecule has 1 atom stereocenters. The van der Waals surface area contributed by atoms with E-state index < -0.39 is 0 Å². The number of ether oxygens (including phenoxy) is 1. The van der Waals surface area contributed by atoms with Crippen molar-refractivity contribution in [1.82, 2.24) is 15.0 Å². The van der Waals surface area contributed by atoms with Crippen LogP contribution < -0.4 is 0 Å². The largest absolute Gasteiger partial charge is 0.466 e. The molecule has 2 aromatic carbocycles. The highest BCUT2D eigenvalue weighted by Crippen LogP contribution is 2.34. The monoisotopic (exact) mass is 389 g/mol. The number of aromatic nitrogens is 3. The van der Waals surface area contributed by atoms with Gasteiger partial charge < -0.3 is 4.74 Å². The number of hydrogen-bond acceptors (Lipinski definition) is 4. The fourth-order valence-electron chi connectivity index (χ4n) is 3.33. The summed E-state index contributed by atoms with van der Waals surface area (Å²) in [5.74, 6) is -0.894. The Morgan fingerprint density at radius 1 is 1.33 bits per heavy atom. The van der Waals surface area contributed by atoms with Crippen LogP contribution in [-0.2, 0) is 22.5 Å². The number of fused-ring (bicyclic) bond motifs is 1. The number of nitrogens with zero attached hydrogens (tertiary/aromatic N) is 3. The zero-order valence-electron chi connectivity index (χ0n) is 15.5. The highest BCUT2D eigenvalue weighted by Gasteiger charge is 2.23. The van der Waals surface area contributed by atoms with E-state index in [1.165, 1.54) is 6.07 Å². The number of halogens is 2. The minimum atomic E-state index is -0.357. The number of carbonyl (C=O) groups excluding carboxylic acids is 1. The third kappa shape index (κ3) is 3.81. The van der Waals surface area contributed by atoms with E-state index in [2.05, 4.69) is 10.3 Å². The van der Waals surface area contributed by atoms with Crippen LogP contribution in [0.3, 0.4) is 0 Å². The maximum Gasteiger partial charge on any atom is 0.306 e. The van der Waals surface area contributed by atoms with E-state index >= 15 is 0 Å². The first-order chi connectivity index (χ1) is 13.0. The number of aryl methyl sites for hydroxylation is 2. The van der Waals surface area contributed by atoms with Crippen molar-refractivity contribution < 1.29 is 13.9 Å². The Labute approximate surface area is 162 Å². The van der Waals surface area contributed by atoms with Gasteiger partial charge in [-0.3, -0.25) is 4.79 Å². The number of carbonyl (C=O) groups is 1. The summed E-state index contributed by atoms with van der Waals surface area (Å²) in [6.45, 7) is 4.04. The molecule has 5 nitrogen and oxygen atoms in total. The first-order valence-electron chi connectivity index (χ1n) is 8.75. The highest BCUT2D eigenvalue weighted by molar-refractivity contribution is 6.17. The van der Waals surface area contributed by atoms with Gasteiger partial charge in [0, 0.05) is 18.5 Å². The van der Waals surface area contributed by atoms with E-state index in [1.807, 2.05) is 26.1 Å². The van der Waals surface area contributed by atoms with Gasteiger partial charge in [-0.05, 0) is 42.7 Å². The lowest BCUT2D eigenvalue weighted by molar-refractivity contribution is -0.143. The van der Waals surface area contributed by atoms with Crippen LogP contribution in [0, 0.1) is 12.7 Å². The Bertz CT molecular complexity index is 987. The summed E-state index contributed by atoms with van der Waals surface area (Å²) in [5.41, 5.74) is 4.78. The summed E-state index contributed by atoms with van der Waals surface area (Å²) in [4.78, 5) is 12.2. The van der Waals surface area contributed by atoms with Crippen LogP contribution in [0.1, 0.15) is 41.5 Å². The van der Waals surface area contributed by atoms with Crippen LogP contribution >= 0.6 is 11.6 Å². The van der Waals surface area contributed by atoms with Crippen LogP contribution in [0.5, 0.6) is 0 Å². The molecule has 0 amide bonds. The molecule has 3 aromatic rings. The van der Waals surface area contributed by atoms with Crippen molar-refractivity contribution >= 4 is 28.6 Å². The van der Waals surface area contributed by atoms with Crippen molar-refractivity contribution in [3.63, 3.8) is 0 Å². The Balaban J connectivity index is 2.12. The van der Waals surface area contributed by atoms with Gasteiger partial charge in [0.2, 0.25) is 0 Å². The summed E-state index contributed by atoms with van der Waals surface area (Å²) in [5, 5.41) is 8.30. The smallest absolute Gasteiger partial charge is 0.306 e. The second-order valence-corrected chi connectivity index (χ2v) is 6.67. The molecule has 1 unspecified atom stereocenters. The van der Waals surface area contributed by atoms with E-state index in [9.17, 15) is 9.18 Å². The number of hydrogen-bond donors (Lipinski definition) is 0. The van der Waals surface area contributed by atoms with Crippen LogP contribution in [0.4, 0.5) is 4.39 Å². The molecule has 0 aliphatic heterocycles. The van der Waals surface area contributed by atoms with Gasteiger partial charge in [0.05, 0.1) is 24.4 Å². The predicted octanol–water partition coefficient (Wildman–Crippen LogP) is 4.24. The van der Waals surface area contributed by atoms with Gasteiger partial charge in [-0.15, -0.1) is 16.7 Å². The highest BCUT2D eigenvalue weighted by atomic mass is 35.5. The van der Waals surface area contributed by atoms with Gasteiger partial charge in [-0.25, -0.2) is 9.07 Å². The third-order valence-corrected chi connectivity index (χ3v) is 5.03. The maximum absolute atomic E-state index is 13.9. The molecule has 142 valence electrons. The molecule has 0 spiro atoms. The van der Waals surface area contributed by atoms with E-state index in [0.717, 1.165) is 27.7 Å². The van der Waals surface area contributed by atoms with Gasteiger partial charge in [-0.2, -0.15) is 0 Å². The second kappa shape index (κ2) is 8.05. The Morgan fingerprint density at radius 2 is 2.11 bits per heavy atom. The predicted molar refractivity (Wildman–Crippen MR) is 102 cm³/mol. The fraction of sp³-hybridized carbons (Fsp3) is 0.350. The third-order valence-electron chi connectivity index (χ3n) is 4.75. The average molecular weight is 390 g/mol. The molecule has 1 aromatic heterocycles. The van der Waals surface area contributed by atoms with Gasteiger partial charge in [0.1, 0.15) is 11.3 Å². The van der Waals surface area contributed by atoms with Crippen molar-refractivity contribution in [3.8, 4) is 0 Å². The molecule has 0 saturated heterocycles. The maximum atomic E-state index is 13.9. The van der Waals surface area contributed by atoms with E-state index in [-0.39, 0.29) is 30.0 Å². The lowest BCUT2D eigenvalue weighted by atomic mass is 9.85. The first-order valence-corrected chi connectivity index (χ1v) is 9.28. The summed E-state index contributed by atoms with van der Waals surface area (Å²) in [6.07, 6.45) is 0.147. The van der Waals surface area contributed by atoms with Crippen molar-refractivity contribution in [2.75, 3.05) is 6.61 Å². The lowest BCUT2D eigenvalue weighted by Gasteiger charge is -2.20. The molecule has 0 radical (unpaired) electrons. The molecular weight excluding hydrogens is 369 g/mol. The van der Waals surface area contributed by atoms with Gasteiger partial charge in [-0.1, -0.05) is 23.4 Å². The number of benzene rings is 2. The molecule has 1 heterocycles. The molecule has 0 N–H and O–H groups in total. The van der Waals surface area contributed by atoms with Crippen molar-refractivity contribution in [1.29, 1.82) is 0 Å². The summed E-state index contributed by atoms with van der Waals surface area (Å²) in [7, 11) is 1.83. The normalized spacial score (nSPS) is 12.3. The zero-order chi connectivity index (χ0) is 19.6. The molecule has 0 fully saturated rings. The quantitative estimate of drug-likeness (QED) is 0.467. The fourth-order valence-corrected chi connectivity index (χ4v) is 3.54.